The van der Waals surface area contributed by atoms with Crippen LogP contribution < -0.4 is 9.62 Å². The van der Waals surface area contributed by atoms with E-state index in [9.17, 15) is 18.0 Å². The van der Waals surface area contributed by atoms with E-state index in [1.54, 1.807) is 37.3 Å². The highest BCUT2D eigenvalue weighted by Gasteiger charge is 2.32. The summed E-state index contributed by atoms with van der Waals surface area (Å²) < 4.78 is 26.4. The van der Waals surface area contributed by atoms with Gasteiger partial charge in [0.15, 0.2) is 0 Å². The Hall–Kier alpha value is -2.29. The minimum Gasteiger partial charge on any atom is -0.354 e. The molecule has 0 bridgehead atoms. The lowest BCUT2D eigenvalue weighted by atomic mass is 10.1. The first kappa shape index (κ1) is 28.9. The number of halogens is 2. The molecule has 0 spiro atoms. The molecule has 192 valence electrons. The third-order valence-corrected chi connectivity index (χ3v) is 7.48. The molecule has 2 aromatic rings. The average molecular weight is 543 g/mol. The standard InChI is InChI=1S/C25H33Cl2N3O4S/c1-6-12-28-25(32)23(7-2)29(15-19-9-10-20(26)14-22(19)27)24(31)16-30(35(5,33)34)21-11-8-17(3)18(4)13-21/h8-11,13-14,23H,6-7,12,15-16H2,1-5H3,(H,28,32)/t23-/m0/s1. The molecule has 0 aliphatic rings. The van der Waals surface area contributed by atoms with E-state index in [4.69, 9.17) is 23.2 Å². The molecule has 0 aliphatic carbocycles. The predicted molar refractivity (Wildman–Crippen MR) is 142 cm³/mol. The molecule has 0 saturated carbocycles. The van der Waals surface area contributed by atoms with Gasteiger partial charge in [-0.25, -0.2) is 8.42 Å². The van der Waals surface area contributed by atoms with E-state index in [1.807, 2.05) is 26.8 Å². The van der Waals surface area contributed by atoms with Crippen molar-refractivity contribution in [2.24, 2.45) is 0 Å². The van der Waals surface area contributed by atoms with Crippen LogP contribution in [0.2, 0.25) is 10.0 Å². The number of aryl methyl sites for hydroxylation is 2. The molecule has 0 heterocycles. The number of benzene rings is 2. The van der Waals surface area contributed by atoms with Gasteiger partial charge in [0.2, 0.25) is 21.8 Å². The summed E-state index contributed by atoms with van der Waals surface area (Å²) in [6.07, 6.45) is 2.14. The number of carbonyl (C=O) groups excluding carboxylic acids is 2. The molecule has 0 fully saturated rings. The zero-order chi connectivity index (χ0) is 26.3. The monoisotopic (exact) mass is 541 g/mol. The maximum Gasteiger partial charge on any atom is 0.244 e. The van der Waals surface area contributed by atoms with Gasteiger partial charge in [-0.1, -0.05) is 49.2 Å². The predicted octanol–water partition coefficient (Wildman–Crippen LogP) is 4.71. The fraction of sp³-hybridized carbons (Fsp3) is 0.440. The number of anilines is 1. The quantitative estimate of drug-likeness (QED) is 0.446. The number of rotatable bonds is 11. The van der Waals surface area contributed by atoms with Gasteiger partial charge in [0, 0.05) is 23.1 Å². The molecule has 0 radical (unpaired) electrons. The molecule has 35 heavy (non-hydrogen) atoms. The van der Waals surface area contributed by atoms with E-state index < -0.39 is 28.5 Å². The Labute approximate surface area is 218 Å². The largest absolute Gasteiger partial charge is 0.354 e. The molecular formula is C25H33Cl2N3O4S. The molecule has 2 aromatic carbocycles. The smallest absolute Gasteiger partial charge is 0.244 e. The van der Waals surface area contributed by atoms with Gasteiger partial charge in [0.25, 0.3) is 0 Å². The summed E-state index contributed by atoms with van der Waals surface area (Å²) in [7, 11) is -3.79. The lowest BCUT2D eigenvalue weighted by molar-refractivity contribution is -0.140. The van der Waals surface area contributed by atoms with Crippen LogP contribution in [0.25, 0.3) is 0 Å². The SMILES string of the molecule is CCCNC(=O)[C@H](CC)N(Cc1ccc(Cl)cc1Cl)C(=O)CN(c1ccc(C)c(C)c1)S(C)(=O)=O. The van der Waals surface area contributed by atoms with E-state index in [0.717, 1.165) is 28.1 Å². The highest BCUT2D eigenvalue weighted by atomic mass is 35.5. The van der Waals surface area contributed by atoms with Crippen molar-refractivity contribution < 1.29 is 18.0 Å². The Morgan fingerprint density at radius 1 is 1.03 bits per heavy atom. The molecule has 2 amide bonds. The second kappa shape index (κ2) is 12.6. The van der Waals surface area contributed by atoms with E-state index in [2.05, 4.69) is 5.32 Å². The van der Waals surface area contributed by atoms with Crippen molar-refractivity contribution >= 4 is 50.7 Å². The fourth-order valence-electron chi connectivity index (χ4n) is 3.61. The van der Waals surface area contributed by atoms with Crippen molar-refractivity contribution in [2.75, 3.05) is 23.7 Å². The summed E-state index contributed by atoms with van der Waals surface area (Å²) in [5, 5.41) is 3.64. The summed E-state index contributed by atoms with van der Waals surface area (Å²) in [5.41, 5.74) is 2.89. The van der Waals surface area contributed by atoms with Crippen LogP contribution in [-0.2, 0) is 26.2 Å². The van der Waals surface area contributed by atoms with E-state index in [0.29, 0.717) is 34.3 Å². The van der Waals surface area contributed by atoms with Gasteiger partial charge >= 0.3 is 0 Å². The highest BCUT2D eigenvalue weighted by Crippen LogP contribution is 2.25. The number of amides is 2. The molecule has 0 aromatic heterocycles. The Balaban J connectivity index is 2.48. The first-order valence-corrected chi connectivity index (χ1v) is 14.1. The first-order chi connectivity index (χ1) is 16.4. The lowest BCUT2D eigenvalue weighted by Crippen LogP contribution is -2.52. The fourth-order valence-corrected chi connectivity index (χ4v) is 4.92. The zero-order valence-electron chi connectivity index (χ0n) is 20.8. The van der Waals surface area contributed by atoms with Crippen LogP contribution >= 0.6 is 23.2 Å². The molecule has 2 rings (SSSR count). The normalized spacial score (nSPS) is 12.2. The van der Waals surface area contributed by atoms with Crippen LogP contribution in [0.3, 0.4) is 0 Å². The summed E-state index contributed by atoms with van der Waals surface area (Å²) in [5.74, 6) is -0.817. The van der Waals surface area contributed by atoms with E-state index >= 15 is 0 Å². The maximum atomic E-state index is 13.7. The number of hydrogen-bond acceptors (Lipinski definition) is 4. The Kier molecular flexibility index (Phi) is 10.4. The molecule has 1 atom stereocenters. The second-order valence-corrected chi connectivity index (χ2v) is 11.3. The lowest BCUT2D eigenvalue weighted by Gasteiger charge is -2.33. The minimum atomic E-state index is -3.79. The van der Waals surface area contributed by atoms with Gasteiger partial charge in [-0.2, -0.15) is 0 Å². The Morgan fingerprint density at radius 3 is 2.26 bits per heavy atom. The van der Waals surface area contributed by atoms with Crippen molar-refractivity contribution in [3.8, 4) is 0 Å². The molecular weight excluding hydrogens is 509 g/mol. The molecule has 7 nitrogen and oxygen atoms in total. The summed E-state index contributed by atoms with van der Waals surface area (Å²) >= 11 is 12.4. The van der Waals surface area contributed by atoms with Gasteiger partial charge in [-0.05, 0) is 67.6 Å². The Morgan fingerprint density at radius 2 is 1.71 bits per heavy atom. The number of nitrogens with zero attached hydrogens (tertiary/aromatic N) is 2. The van der Waals surface area contributed by atoms with Crippen LogP contribution in [-0.4, -0.2) is 50.5 Å². The molecule has 1 N–H and O–H groups in total. The molecule has 0 unspecified atom stereocenters. The van der Waals surface area contributed by atoms with Crippen molar-refractivity contribution in [3.63, 3.8) is 0 Å². The summed E-state index contributed by atoms with van der Waals surface area (Å²) in [4.78, 5) is 28.0. The van der Waals surface area contributed by atoms with Crippen molar-refractivity contribution in [1.82, 2.24) is 10.2 Å². The van der Waals surface area contributed by atoms with Gasteiger partial charge in [0.05, 0.1) is 11.9 Å². The third-order valence-electron chi connectivity index (χ3n) is 5.75. The van der Waals surface area contributed by atoms with E-state index in [1.165, 1.54) is 4.90 Å². The summed E-state index contributed by atoms with van der Waals surface area (Å²) in [6, 6.07) is 9.32. The zero-order valence-corrected chi connectivity index (χ0v) is 23.1. The first-order valence-electron chi connectivity index (χ1n) is 11.4. The van der Waals surface area contributed by atoms with Crippen molar-refractivity contribution in [2.45, 2.75) is 53.1 Å². The Bertz CT molecular complexity index is 1170. The van der Waals surface area contributed by atoms with Crippen molar-refractivity contribution in [1.29, 1.82) is 0 Å². The van der Waals surface area contributed by atoms with Crippen LogP contribution in [0.15, 0.2) is 36.4 Å². The number of carbonyl (C=O) groups is 2. The van der Waals surface area contributed by atoms with Gasteiger partial charge in [-0.15, -0.1) is 0 Å². The van der Waals surface area contributed by atoms with Crippen molar-refractivity contribution in [3.05, 3.63) is 63.1 Å². The summed E-state index contributed by atoms with van der Waals surface area (Å²) in [6.45, 7) is 7.58. The number of sulfonamides is 1. The van der Waals surface area contributed by atoms with Crippen LogP contribution in [0.4, 0.5) is 5.69 Å². The van der Waals surface area contributed by atoms with Gasteiger partial charge in [-0.3, -0.25) is 13.9 Å². The topological polar surface area (TPSA) is 86.8 Å². The second-order valence-electron chi connectivity index (χ2n) is 8.51. The average Bonchev–Trinajstić information content (AvgIpc) is 2.78. The van der Waals surface area contributed by atoms with Gasteiger partial charge in [0.1, 0.15) is 12.6 Å². The minimum absolute atomic E-state index is 0.0252. The van der Waals surface area contributed by atoms with Crippen LogP contribution in [0, 0.1) is 13.8 Å². The van der Waals surface area contributed by atoms with Gasteiger partial charge < -0.3 is 10.2 Å². The number of nitrogens with one attached hydrogen (secondary N) is 1. The van der Waals surface area contributed by atoms with Crippen LogP contribution in [0.5, 0.6) is 0 Å². The molecule has 0 aliphatic heterocycles. The third kappa shape index (κ3) is 7.85. The van der Waals surface area contributed by atoms with E-state index in [-0.39, 0.29) is 12.5 Å². The maximum absolute atomic E-state index is 13.7. The van der Waals surface area contributed by atoms with Crippen LogP contribution in [0.1, 0.15) is 43.4 Å². The highest BCUT2D eigenvalue weighted by molar-refractivity contribution is 7.92. The molecule has 0 saturated heterocycles. The molecule has 10 heteroatoms. The number of hydrogen-bond donors (Lipinski definition) is 1.